The number of benzene rings is 1. The van der Waals surface area contributed by atoms with Crippen molar-refractivity contribution in [1.82, 2.24) is 19.3 Å². The molecule has 1 aromatic carbocycles. The smallest absolute Gasteiger partial charge is 0.328 e. The zero-order valence-electron chi connectivity index (χ0n) is 12.5. The number of hydrogen-bond acceptors (Lipinski definition) is 5. The second kappa shape index (κ2) is 4.72. The average Bonchev–Trinajstić information content (AvgIpc) is 3.24. The lowest BCUT2D eigenvalue weighted by molar-refractivity contribution is 0.507. The van der Waals surface area contributed by atoms with Crippen LogP contribution in [0, 0.1) is 0 Å². The van der Waals surface area contributed by atoms with E-state index in [1.54, 1.807) is 23.2 Å². The minimum Gasteiger partial charge on any atom is -0.408 e. The summed E-state index contributed by atoms with van der Waals surface area (Å²) >= 11 is 0. The van der Waals surface area contributed by atoms with Gasteiger partial charge in [0.15, 0.2) is 0 Å². The first-order valence-electron chi connectivity index (χ1n) is 7.35. The molecule has 7 nitrogen and oxygen atoms in total. The molecule has 0 amide bonds. The molecule has 0 bridgehead atoms. The standard InChI is InChI=1S/C15H17N5O2/c1-19-11-6-3-9(7-12(11)20(2)15(19)21)8-16-14-18-17-13(22-14)10-4-5-10/h3,6-7,10H,4-5,8H2,1-2H3,(H,16,18). The SMILES string of the molecule is Cn1c(=O)n(C)c2cc(CNc3nnc(C4CC4)o3)ccc21. The van der Waals surface area contributed by atoms with Gasteiger partial charge in [-0.15, -0.1) is 5.10 Å². The van der Waals surface area contributed by atoms with Crippen molar-refractivity contribution in [3.63, 3.8) is 0 Å². The van der Waals surface area contributed by atoms with Crippen molar-refractivity contribution in [2.24, 2.45) is 14.1 Å². The van der Waals surface area contributed by atoms with Gasteiger partial charge in [-0.1, -0.05) is 11.2 Å². The van der Waals surface area contributed by atoms with Gasteiger partial charge in [-0.2, -0.15) is 0 Å². The monoisotopic (exact) mass is 299 g/mol. The summed E-state index contributed by atoms with van der Waals surface area (Å²) in [4.78, 5) is 11.9. The number of fused-ring (bicyclic) bond motifs is 1. The molecule has 0 aliphatic heterocycles. The van der Waals surface area contributed by atoms with E-state index in [1.165, 1.54) is 0 Å². The van der Waals surface area contributed by atoms with Crippen LogP contribution >= 0.6 is 0 Å². The highest BCUT2D eigenvalue weighted by Gasteiger charge is 2.29. The van der Waals surface area contributed by atoms with Gasteiger partial charge in [0, 0.05) is 26.6 Å². The van der Waals surface area contributed by atoms with E-state index in [-0.39, 0.29) is 5.69 Å². The number of imidazole rings is 1. The Labute approximate surface area is 126 Å². The second-order valence-electron chi connectivity index (χ2n) is 5.80. The Balaban J connectivity index is 1.55. The van der Waals surface area contributed by atoms with Crippen LogP contribution in [0.1, 0.15) is 30.2 Å². The Kier molecular flexibility index (Phi) is 2.82. The van der Waals surface area contributed by atoms with E-state index < -0.39 is 0 Å². The maximum atomic E-state index is 11.9. The molecule has 0 radical (unpaired) electrons. The Morgan fingerprint density at radius 1 is 1.23 bits per heavy atom. The number of hydrogen-bond donors (Lipinski definition) is 1. The summed E-state index contributed by atoms with van der Waals surface area (Å²) in [7, 11) is 3.56. The minimum absolute atomic E-state index is 0.0221. The number of nitrogens with one attached hydrogen (secondary N) is 1. The maximum absolute atomic E-state index is 11.9. The Morgan fingerprint density at radius 2 is 2.00 bits per heavy atom. The molecule has 1 aliphatic carbocycles. The van der Waals surface area contributed by atoms with Crippen molar-refractivity contribution < 1.29 is 4.42 Å². The predicted octanol–water partition coefficient (Wildman–Crippen LogP) is 1.75. The lowest BCUT2D eigenvalue weighted by atomic mass is 10.2. The summed E-state index contributed by atoms with van der Waals surface area (Å²) in [6, 6.07) is 6.40. The third kappa shape index (κ3) is 2.09. The van der Waals surface area contributed by atoms with Crippen LogP contribution in [0.2, 0.25) is 0 Å². The molecule has 3 aromatic rings. The quantitative estimate of drug-likeness (QED) is 0.794. The van der Waals surface area contributed by atoms with Gasteiger partial charge in [-0.05, 0) is 30.5 Å². The Bertz CT molecular complexity index is 900. The summed E-state index contributed by atoms with van der Waals surface area (Å²) in [6.07, 6.45) is 2.28. The van der Waals surface area contributed by atoms with Gasteiger partial charge in [-0.3, -0.25) is 9.13 Å². The zero-order valence-corrected chi connectivity index (χ0v) is 12.5. The molecule has 7 heteroatoms. The highest BCUT2D eigenvalue weighted by Crippen LogP contribution is 2.39. The lowest BCUT2D eigenvalue weighted by Gasteiger charge is -2.03. The molecule has 114 valence electrons. The van der Waals surface area contributed by atoms with Gasteiger partial charge < -0.3 is 9.73 Å². The first-order chi connectivity index (χ1) is 10.6. The minimum atomic E-state index is -0.0221. The second-order valence-corrected chi connectivity index (χ2v) is 5.80. The van der Waals surface area contributed by atoms with E-state index in [9.17, 15) is 4.79 Å². The van der Waals surface area contributed by atoms with Crippen LogP contribution in [-0.4, -0.2) is 19.3 Å². The van der Waals surface area contributed by atoms with Gasteiger partial charge in [0.2, 0.25) is 5.89 Å². The van der Waals surface area contributed by atoms with Gasteiger partial charge in [0.1, 0.15) is 0 Å². The third-order valence-electron chi connectivity index (χ3n) is 4.15. The molecule has 1 saturated carbocycles. The normalized spacial score (nSPS) is 14.6. The van der Waals surface area contributed by atoms with Crippen LogP contribution in [0.25, 0.3) is 11.0 Å². The molecule has 2 heterocycles. The molecule has 0 spiro atoms. The molecule has 22 heavy (non-hydrogen) atoms. The van der Waals surface area contributed by atoms with Crippen LogP contribution in [0.4, 0.5) is 6.01 Å². The summed E-state index contributed by atoms with van der Waals surface area (Å²) in [6.45, 7) is 0.575. The Hall–Kier alpha value is -2.57. The van der Waals surface area contributed by atoms with Gasteiger partial charge in [0.05, 0.1) is 11.0 Å². The number of rotatable bonds is 4. The van der Waals surface area contributed by atoms with Crippen LogP contribution in [0.5, 0.6) is 0 Å². The number of anilines is 1. The average molecular weight is 299 g/mol. The number of aromatic nitrogens is 4. The van der Waals surface area contributed by atoms with E-state index >= 15 is 0 Å². The van der Waals surface area contributed by atoms with E-state index in [0.717, 1.165) is 35.3 Å². The van der Waals surface area contributed by atoms with Crippen molar-refractivity contribution >= 4 is 17.0 Å². The topological polar surface area (TPSA) is 77.9 Å². The molecule has 1 aliphatic rings. The van der Waals surface area contributed by atoms with Gasteiger partial charge in [-0.25, -0.2) is 4.79 Å². The van der Waals surface area contributed by atoms with Crippen LogP contribution in [0.15, 0.2) is 27.4 Å². The van der Waals surface area contributed by atoms with Crippen molar-refractivity contribution in [3.8, 4) is 0 Å². The summed E-state index contributed by atoms with van der Waals surface area (Å²) in [5.74, 6) is 1.18. The molecule has 0 saturated heterocycles. The fourth-order valence-corrected chi connectivity index (χ4v) is 2.64. The number of nitrogens with zero attached hydrogens (tertiary/aromatic N) is 4. The molecular formula is C15H17N5O2. The highest BCUT2D eigenvalue weighted by molar-refractivity contribution is 5.76. The first kappa shape index (κ1) is 13.1. The lowest BCUT2D eigenvalue weighted by Crippen LogP contribution is -2.19. The van der Waals surface area contributed by atoms with Crippen molar-refractivity contribution in [2.75, 3.05) is 5.32 Å². The third-order valence-corrected chi connectivity index (χ3v) is 4.15. The molecule has 1 N–H and O–H groups in total. The summed E-state index contributed by atoms with van der Waals surface area (Å²) < 4.78 is 8.87. The van der Waals surface area contributed by atoms with Crippen LogP contribution < -0.4 is 11.0 Å². The molecule has 2 aromatic heterocycles. The van der Waals surface area contributed by atoms with Gasteiger partial charge >= 0.3 is 11.7 Å². The molecular weight excluding hydrogens is 282 g/mol. The Morgan fingerprint density at radius 3 is 2.77 bits per heavy atom. The zero-order chi connectivity index (χ0) is 15.3. The van der Waals surface area contributed by atoms with E-state index in [4.69, 9.17) is 4.42 Å². The fourth-order valence-electron chi connectivity index (χ4n) is 2.64. The van der Waals surface area contributed by atoms with Gasteiger partial charge in [0.25, 0.3) is 0 Å². The fraction of sp³-hybridized carbons (Fsp3) is 0.400. The molecule has 1 fully saturated rings. The van der Waals surface area contributed by atoms with E-state index in [2.05, 4.69) is 15.5 Å². The number of aryl methyl sites for hydroxylation is 2. The predicted molar refractivity (Wildman–Crippen MR) is 81.8 cm³/mol. The maximum Gasteiger partial charge on any atom is 0.328 e. The summed E-state index contributed by atoms with van der Waals surface area (Å²) in [5.41, 5.74) is 2.87. The molecule has 0 atom stereocenters. The van der Waals surface area contributed by atoms with E-state index in [1.807, 2.05) is 18.2 Å². The van der Waals surface area contributed by atoms with Crippen LogP contribution in [-0.2, 0) is 20.6 Å². The highest BCUT2D eigenvalue weighted by atomic mass is 16.4. The van der Waals surface area contributed by atoms with Crippen molar-refractivity contribution in [1.29, 1.82) is 0 Å². The first-order valence-corrected chi connectivity index (χ1v) is 7.35. The molecule has 4 rings (SSSR count). The van der Waals surface area contributed by atoms with Crippen molar-refractivity contribution in [3.05, 3.63) is 40.1 Å². The molecule has 0 unspecified atom stereocenters. The largest absolute Gasteiger partial charge is 0.408 e. The summed E-state index contributed by atoms with van der Waals surface area (Å²) in [5, 5.41) is 11.2. The van der Waals surface area contributed by atoms with Crippen LogP contribution in [0.3, 0.4) is 0 Å². The van der Waals surface area contributed by atoms with Crippen molar-refractivity contribution in [2.45, 2.75) is 25.3 Å². The van der Waals surface area contributed by atoms with E-state index in [0.29, 0.717) is 18.5 Å².